The van der Waals surface area contributed by atoms with Gasteiger partial charge in [-0.15, -0.1) is 0 Å². The van der Waals surface area contributed by atoms with Crippen molar-refractivity contribution < 1.29 is 0 Å². The molecular formula is C13H18N2S. The van der Waals surface area contributed by atoms with E-state index in [0.717, 1.165) is 23.7 Å². The van der Waals surface area contributed by atoms with Crippen LogP contribution in [0.15, 0.2) is 24.4 Å². The molecule has 86 valence electrons. The number of hydrogen-bond acceptors (Lipinski definition) is 2. The molecule has 0 aliphatic rings. The number of rotatable bonds is 4. The predicted octanol–water partition coefficient (Wildman–Crippen LogP) is 3.50. The molecule has 3 heteroatoms. The summed E-state index contributed by atoms with van der Waals surface area (Å²) >= 11 is 1.95. The fourth-order valence-corrected chi connectivity index (χ4v) is 2.63. The van der Waals surface area contributed by atoms with E-state index in [2.05, 4.69) is 36.7 Å². The third-order valence-electron chi connectivity index (χ3n) is 2.79. The van der Waals surface area contributed by atoms with Gasteiger partial charge in [-0.1, -0.05) is 6.92 Å². The van der Waals surface area contributed by atoms with Crippen LogP contribution in [0.1, 0.15) is 19.4 Å². The fraction of sp³-hybridized carbons (Fsp3) is 0.385. The van der Waals surface area contributed by atoms with E-state index in [1.165, 1.54) is 16.5 Å². The molecular weight excluding hydrogens is 216 g/mol. The second-order valence-electron chi connectivity index (χ2n) is 3.85. The number of anilines is 1. The first-order valence-electron chi connectivity index (χ1n) is 5.71. The molecule has 2 aromatic rings. The molecule has 0 unspecified atom stereocenters. The van der Waals surface area contributed by atoms with E-state index < -0.39 is 0 Å². The summed E-state index contributed by atoms with van der Waals surface area (Å²) in [5.41, 5.74) is 9.40. The quantitative estimate of drug-likeness (QED) is 0.821. The summed E-state index contributed by atoms with van der Waals surface area (Å²) in [6.45, 7) is 5.38. The van der Waals surface area contributed by atoms with Gasteiger partial charge in [0.2, 0.25) is 0 Å². The summed E-state index contributed by atoms with van der Waals surface area (Å²) < 4.78 is 2.29. The molecule has 0 aliphatic heterocycles. The van der Waals surface area contributed by atoms with E-state index in [-0.39, 0.29) is 0 Å². The molecule has 2 nitrogen and oxygen atoms in total. The molecule has 0 bridgehead atoms. The zero-order chi connectivity index (χ0) is 11.5. The monoisotopic (exact) mass is 234 g/mol. The molecule has 0 aliphatic carbocycles. The van der Waals surface area contributed by atoms with Crippen LogP contribution in [0, 0.1) is 0 Å². The lowest BCUT2D eigenvalue weighted by molar-refractivity contribution is 0.795. The molecule has 1 heterocycles. The third kappa shape index (κ3) is 2.05. The van der Waals surface area contributed by atoms with Crippen LogP contribution in [0.4, 0.5) is 5.69 Å². The van der Waals surface area contributed by atoms with Crippen molar-refractivity contribution in [2.24, 2.45) is 0 Å². The van der Waals surface area contributed by atoms with E-state index >= 15 is 0 Å². The van der Waals surface area contributed by atoms with Gasteiger partial charge in [0.1, 0.15) is 0 Å². The SMILES string of the molecule is CCSCc1cn(CC)c2ccc(N)cc12. The Kier molecular flexibility index (Phi) is 3.44. The first-order chi connectivity index (χ1) is 7.76. The Labute approximate surface area is 101 Å². The largest absolute Gasteiger partial charge is 0.399 e. The minimum Gasteiger partial charge on any atom is -0.399 e. The Morgan fingerprint density at radius 1 is 1.31 bits per heavy atom. The van der Waals surface area contributed by atoms with Crippen molar-refractivity contribution in [2.75, 3.05) is 11.5 Å². The number of nitrogens with zero attached hydrogens (tertiary/aromatic N) is 1. The second-order valence-corrected chi connectivity index (χ2v) is 5.13. The van der Waals surface area contributed by atoms with Crippen LogP contribution in [0.5, 0.6) is 0 Å². The maximum Gasteiger partial charge on any atom is 0.0484 e. The van der Waals surface area contributed by atoms with Gasteiger partial charge >= 0.3 is 0 Å². The van der Waals surface area contributed by atoms with Crippen molar-refractivity contribution in [1.29, 1.82) is 0 Å². The maximum atomic E-state index is 5.86. The zero-order valence-electron chi connectivity index (χ0n) is 9.86. The summed E-state index contributed by atoms with van der Waals surface area (Å²) in [6.07, 6.45) is 2.26. The smallest absolute Gasteiger partial charge is 0.0484 e. The third-order valence-corrected chi connectivity index (χ3v) is 3.71. The molecule has 2 N–H and O–H groups in total. The molecule has 2 rings (SSSR count). The number of thioether (sulfide) groups is 1. The van der Waals surface area contributed by atoms with Crippen LogP contribution in [0.3, 0.4) is 0 Å². The normalized spacial score (nSPS) is 11.1. The Balaban J connectivity index is 2.50. The van der Waals surface area contributed by atoms with Gasteiger partial charge in [0, 0.05) is 35.1 Å². The highest BCUT2D eigenvalue weighted by molar-refractivity contribution is 7.98. The predicted molar refractivity (Wildman–Crippen MR) is 73.9 cm³/mol. The number of aryl methyl sites for hydroxylation is 1. The minimum atomic E-state index is 0.851. The van der Waals surface area contributed by atoms with Crippen molar-refractivity contribution in [3.8, 4) is 0 Å². The van der Waals surface area contributed by atoms with Crippen LogP contribution in [-0.4, -0.2) is 10.3 Å². The van der Waals surface area contributed by atoms with Crippen molar-refractivity contribution in [1.82, 2.24) is 4.57 Å². The van der Waals surface area contributed by atoms with Gasteiger partial charge in [-0.3, -0.25) is 0 Å². The summed E-state index contributed by atoms with van der Waals surface area (Å²) in [5.74, 6) is 2.23. The lowest BCUT2D eigenvalue weighted by Gasteiger charge is -2.00. The van der Waals surface area contributed by atoms with Crippen molar-refractivity contribution in [2.45, 2.75) is 26.1 Å². The van der Waals surface area contributed by atoms with E-state index in [9.17, 15) is 0 Å². The minimum absolute atomic E-state index is 0.851. The van der Waals surface area contributed by atoms with Gasteiger partial charge < -0.3 is 10.3 Å². The van der Waals surface area contributed by atoms with Gasteiger partial charge in [-0.05, 0) is 36.4 Å². The highest BCUT2D eigenvalue weighted by Crippen LogP contribution is 2.26. The number of hydrogen-bond donors (Lipinski definition) is 1. The maximum absolute atomic E-state index is 5.86. The lowest BCUT2D eigenvalue weighted by Crippen LogP contribution is -1.90. The Hall–Kier alpha value is -1.09. The van der Waals surface area contributed by atoms with Crippen LogP contribution in [-0.2, 0) is 12.3 Å². The molecule has 1 aromatic carbocycles. The fourth-order valence-electron chi connectivity index (χ4n) is 1.98. The number of benzene rings is 1. The highest BCUT2D eigenvalue weighted by atomic mass is 32.2. The van der Waals surface area contributed by atoms with E-state index in [4.69, 9.17) is 5.73 Å². The van der Waals surface area contributed by atoms with Gasteiger partial charge in [-0.25, -0.2) is 0 Å². The van der Waals surface area contributed by atoms with E-state index in [1.807, 2.05) is 17.8 Å². The lowest BCUT2D eigenvalue weighted by atomic mass is 10.2. The number of fused-ring (bicyclic) bond motifs is 1. The average Bonchev–Trinajstić information content (AvgIpc) is 2.64. The Bertz CT molecular complexity index is 488. The molecule has 1 aromatic heterocycles. The molecule has 0 saturated carbocycles. The van der Waals surface area contributed by atoms with E-state index in [0.29, 0.717) is 0 Å². The summed E-state index contributed by atoms with van der Waals surface area (Å²) in [6, 6.07) is 6.19. The standard InChI is InChI=1S/C13H18N2S/c1-3-15-8-10(9-16-4-2)12-7-11(14)5-6-13(12)15/h5-8H,3-4,9,14H2,1-2H3. The highest BCUT2D eigenvalue weighted by Gasteiger charge is 2.07. The van der Waals surface area contributed by atoms with Crippen LogP contribution >= 0.6 is 11.8 Å². The van der Waals surface area contributed by atoms with E-state index in [1.54, 1.807) is 0 Å². The van der Waals surface area contributed by atoms with Gasteiger partial charge in [0.25, 0.3) is 0 Å². The first-order valence-corrected chi connectivity index (χ1v) is 6.86. The van der Waals surface area contributed by atoms with Crippen LogP contribution < -0.4 is 5.73 Å². The summed E-state index contributed by atoms with van der Waals surface area (Å²) in [7, 11) is 0. The number of nitrogen functional groups attached to an aromatic ring is 1. The van der Waals surface area contributed by atoms with Crippen molar-refractivity contribution in [3.63, 3.8) is 0 Å². The molecule has 0 saturated heterocycles. The van der Waals surface area contributed by atoms with Crippen LogP contribution in [0.2, 0.25) is 0 Å². The second kappa shape index (κ2) is 4.83. The molecule has 0 amide bonds. The van der Waals surface area contributed by atoms with Gasteiger partial charge in [-0.2, -0.15) is 11.8 Å². The first kappa shape index (κ1) is 11.4. The topological polar surface area (TPSA) is 30.9 Å². The van der Waals surface area contributed by atoms with Crippen LogP contribution in [0.25, 0.3) is 10.9 Å². The van der Waals surface area contributed by atoms with Crippen molar-refractivity contribution in [3.05, 3.63) is 30.0 Å². The number of aromatic nitrogens is 1. The molecule has 0 radical (unpaired) electrons. The molecule has 16 heavy (non-hydrogen) atoms. The Morgan fingerprint density at radius 2 is 2.12 bits per heavy atom. The average molecular weight is 234 g/mol. The van der Waals surface area contributed by atoms with Gasteiger partial charge in [0.15, 0.2) is 0 Å². The molecule has 0 spiro atoms. The summed E-state index contributed by atoms with van der Waals surface area (Å²) in [5, 5.41) is 1.31. The molecule has 0 fully saturated rings. The molecule has 0 atom stereocenters. The summed E-state index contributed by atoms with van der Waals surface area (Å²) in [4.78, 5) is 0. The number of nitrogens with two attached hydrogens (primary N) is 1. The van der Waals surface area contributed by atoms with Gasteiger partial charge in [0.05, 0.1) is 0 Å². The Morgan fingerprint density at radius 3 is 2.81 bits per heavy atom. The zero-order valence-corrected chi connectivity index (χ0v) is 10.7. The van der Waals surface area contributed by atoms with Crippen molar-refractivity contribution >= 4 is 28.4 Å².